The quantitative estimate of drug-likeness (QED) is 0.554. The van der Waals surface area contributed by atoms with E-state index in [-0.39, 0.29) is 11.9 Å². The summed E-state index contributed by atoms with van der Waals surface area (Å²) in [4.78, 5) is 12.8. The fourth-order valence-electron chi connectivity index (χ4n) is 0.667. The van der Waals surface area contributed by atoms with Crippen molar-refractivity contribution < 1.29 is 4.79 Å². The molecule has 0 bridgehead atoms. The fourth-order valence-corrected chi connectivity index (χ4v) is 0.667. The second-order valence-electron chi connectivity index (χ2n) is 2.94. The maximum Gasteiger partial charge on any atom is 0.234 e. The summed E-state index contributed by atoms with van der Waals surface area (Å²) >= 11 is 0. The van der Waals surface area contributed by atoms with Crippen molar-refractivity contribution in [2.45, 2.75) is 13.0 Å². The Balaban J connectivity index is 3.52. The third-order valence-electron chi connectivity index (χ3n) is 1.22. The molecule has 0 aromatic rings. The molecule has 11 heavy (non-hydrogen) atoms. The highest BCUT2D eigenvalue weighted by molar-refractivity contribution is 5.78. The van der Waals surface area contributed by atoms with Crippen LogP contribution in [0, 0.1) is 0 Å². The Labute approximate surface area is 67.7 Å². The SMILES string of the molecule is CC(CN)NC(=O)CN(C)C. The van der Waals surface area contributed by atoms with Crippen molar-refractivity contribution in [3.63, 3.8) is 0 Å². The molecular formula is C7H17N3O. The molecule has 0 rings (SSSR count). The van der Waals surface area contributed by atoms with E-state index in [2.05, 4.69) is 5.32 Å². The number of hydrogen-bond acceptors (Lipinski definition) is 3. The number of nitrogens with two attached hydrogens (primary N) is 1. The zero-order valence-electron chi connectivity index (χ0n) is 7.42. The summed E-state index contributed by atoms with van der Waals surface area (Å²) in [5.41, 5.74) is 5.32. The van der Waals surface area contributed by atoms with Crippen molar-refractivity contribution in [3.05, 3.63) is 0 Å². The number of carbonyl (C=O) groups is 1. The van der Waals surface area contributed by atoms with E-state index in [1.54, 1.807) is 0 Å². The van der Waals surface area contributed by atoms with Crippen LogP contribution < -0.4 is 11.1 Å². The van der Waals surface area contributed by atoms with Crippen LogP contribution in [0.3, 0.4) is 0 Å². The van der Waals surface area contributed by atoms with Gasteiger partial charge in [-0.15, -0.1) is 0 Å². The molecule has 0 aromatic heterocycles. The third kappa shape index (κ3) is 5.82. The van der Waals surface area contributed by atoms with Gasteiger partial charge in [-0.2, -0.15) is 0 Å². The predicted molar refractivity (Wildman–Crippen MR) is 45.2 cm³/mol. The van der Waals surface area contributed by atoms with Crippen LogP contribution in [0.25, 0.3) is 0 Å². The van der Waals surface area contributed by atoms with Crippen molar-refractivity contribution in [1.29, 1.82) is 0 Å². The summed E-state index contributed by atoms with van der Waals surface area (Å²) in [6, 6.07) is 0.0717. The lowest BCUT2D eigenvalue weighted by atomic mass is 10.3. The molecule has 0 heterocycles. The predicted octanol–water partition coefficient (Wildman–Crippen LogP) is -0.989. The topological polar surface area (TPSA) is 58.4 Å². The smallest absolute Gasteiger partial charge is 0.234 e. The first-order chi connectivity index (χ1) is 5.06. The van der Waals surface area contributed by atoms with Crippen LogP contribution in [0.1, 0.15) is 6.92 Å². The summed E-state index contributed by atoms with van der Waals surface area (Å²) in [6.07, 6.45) is 0. The van der Waals surface area contributed by atoms with Crippen LogP contribution in [0.4, 0.5) is 0 Å². The first kappa shape index (κ1) is 10.4. The summed E-state index contributed by atoms with van der Waals surface area (Å²) in [5.74, 6) is 0.0213. The number of likely N-dealkylation sites (N-methyl/N-ethyl adjacent to an activating group) is 1. The molecule has 0 aromatic carbocycles. The van der Waals surface area contributed by atoms with Crippen molar-refractivity contribution >= 4 is 5.91 Å². The lowest BCUT2D eigenvalue weighted by Gasteiger charge is -2.13. The summed E-state index contributed by atoms with van der Waals surface area (Å²) in [6.45, 7) is 2.79. The van der Waals surface area contributed by atoms with Gasteiger partial charge in [0.1, 0.15) is 0 Å². The average molecular weight is 159 g/mol. The fraction of sp³-hybridized carbons (Fsp3) is 0.857. The van der Waals surface area contributed by atoms with Gasteiger partial charge in [0.25, 0.3) is 0 Å². The Morgan fingerprint density at radius 2 is 2.18 bits per heavy atom. The Hall–Kier alpha value is -0.610. The van der Waals surface area contributed by atoms with Crippen molar-refractivity contribution in [3.8, 4) is 0 Å². The average Bonchev–Trinajstić information content (AvgIpc) is 1.85. The number of nitrogens with zero attached hydrogens (tertiary/aromatic N) is 1. The van der Waals surface area contributed by atoms with E-state index in [1.807, 2.05) is 25.9 Å². The monoisotopic (exact) mass is 159 g/mol. The molecule has 3 N–H and O–H groups in total. The largest absolute Gasteiger partial charge is 0.351 e. The molecule has 66 valence electrons. The maximum absolute atomic E-state index is 11.0. The van der Waals surface area contributed by atoms with Crippen LogP contribution in [0.5, 0.6) is 0 Å². The minimum atomic E-state index is 0.0213. The number of amides is 1. The summed E-state index contributed by atoms with van der Waals surface area (Å²) in [7, 11) is 3.71. The van der Waals surface area contributed by atoms with Gasteiger partial charge in [0.05, 0.1) is 6.54 Å². The third-order valence-corrected chi connectivity index (χ3v) is 1.22. The summed E-state index contributed by atoms with van der Waals surface area (Å²) < 4.78 is 0. The minimum Gasteiger partial charge on any atom is -0.351 e. The minimum absolute atomic E-state index is 0.0213. The van der Waals surface area contributed by atoms with Gasteiger partial charge < -0.3 is 16.0 Å². The van der Waals surface area contributed by atoms with E-state index in [9.17, 15) is 4.79 Å². The Morgan fingerprint density at radius 1 is 1.64 bits per heavy atom. The molecule has 1 unspecified atom stereocenters. The lowest BCUT2D eigenvalue weighted by Crippen LogP contribution is -2.42. The zero-order chi connectivity index (χ0) is 8.85. The van der Waals surface area contributed by atoms with E-state index in [0.717, 1.165) is 0 Å². The van der Waals surface area contributed by atoms with Gasteiger partial charge >= 0.3 is 0 Å². The van der Waals surface area contributed by atoms with E-state index in [1.165, 1.54) is 0 Å². The van der Waals surface area contributed by atoms with Gasteiger partial charge in [-0.05, 0) is 21.0 Å². The Morgan fingerprint density at radius 3 is 2.55 bits per heavy atom. The highest BCUT2D eigenvalue weighted by Crippen LogP contribution is 1.79. The summed E-state index contributed by atoms with van der Waals surface area (Å²) in [5, 5.41) is 2.76. The molecule has 1 amide bonds. The Kier molecular flexibility index (Phi) is 4.81. The molecule has 4 heteroatoms. The highest BCUT2D eigenvalue weighted by atomic mass is 16.2. The second-order valence-corrected chi connectivity index (χ2v) is 2.94. The Bertz CT molecular complexity index is 125. The molecule has 0 aliphatic rings. The van der Waals surface area contributed by atoms with Gasteiger partial charge in [-0.3, -0.25) is 4.79 Å². The first-order valence-corrected chi connectivity index (χ1v) is 3.70. The van der Waals surface area contributed by atoms with Crippen molar-refractivity contribution in [1.82, 2.24) is 10.2 Å². The molecule has 0 fully saturated rings. The van der Waals surface area contributed by atoms with Crippen LogP contribution in [-0.2, 0) is 4.79 Å². The van der Waals surface area contributed by atoms with Gasteiger partial charge in [0.2, 0.25) is 5.91 Å². The van der Waals surface area contributed by atoms with E-state index < -0.39 is 0 Å². The molecule has 1 atom stereocenters. The first-order valence-electron chi connectivity index (χ1n) is 3.70. The van der Waals surface area contributed by atoms with Gasteiger partial charge in [0.15, 0.2) is 0 Å². The number of rotatable bonds is 4. The van der Waals surface area contributed by atoms with Crippen LogP contribution in [0.2, 0.25) is 0 Å². The standard InChI is InChI=1S/C7H17N3O/c1-6(4-8)9-7(11)5-10(2)3/h6H,4-5,8H2,1-3H3,(H,9,11). The zero-order valence-corrected chi connectivity index (χ0v) is 7.42. The number of nitrogens with one attached hydrogen (secondary N) is 1. The van der Waals surface area contributed by atoms with Gasteiger partial charge in [-0.25, -0.2) is 0 Å². The van der Waals surface area contributed by atoms with E-state index in [4.69, 9.17) is 5.73 Å². The van der Waals surface area contributed by atoms with E-state index >= 15 is 0 Å². The number of carbonyl (C=O) groups excluding carboxylic acids is 1. The van der Waals surface area contributed by atoms with Gasteiger partial charge in [-0.1, -0.05) is 0 Å². The molecule has 0 saturated carbocycles. The molecule has 0 spiro atoms. The van der Waals surface area contributed by atoms with Crippen LogP contribution in [0.15, 0.2) is 0 Å². The number of hydrogen-bond donors (Lipinski definition) is 2. The molecule has 4 nitrogen and oxygen atoms in total. The maximum atomic E-state index is 11.0. The van der Waals surface area contributed by atoms with Crippen LogP contribution in [-0.4, -0.2) is 44.0 Å². The molecule has 0 aliphatic carbocycles. The highest BCUT2D eigenvalue weighted by Gasteiger charge is 2.05. The molecule has 0 radical (unpaired) electrons. The van der Waals surface area contributed by atoms with E-state index in [0.29, 0.717) is 13.1 Å². The normalized spacial score (nSPS) is 13.2. The molecule has 0 saturated heterocycles. The van der Waals surface area contributed by atoms with Crippen LogP contribution >= 0.6 is 0 Å². The van der Waals surface area contributed by atoms with Crippen molar-refractivity contribution in [2.24, 2.45) is 5.73 Å². The lowest BCUT2D eigenvalue weighted by molar-refractivity contribution is -0.122. The van der Waals surface area contributed by atoms with Crippen molar-refractivity contribution in [2.75, 3.05) is 27.2 Å². The molecular weight excluding hydrogens is 142 g/mol. The molecule has 0 aliphatic heterocycles. The van der Waals surface area contributed by atoms with Gasteiger partial charge in [0, 0.05) is 12.6 Å². The second kappa shape index (κ2) is 5.09.